The zero-order valence-corrected chi connectivity index (χ0v) is 17.0. The second-order valence-corrected chi connectivity index (χ2v) is 8.23. The van der Waals surface area contributed by atoms with Gasteiger partial charge in [0.2, 0.25) is 0 Å². The van der Waals surface area contributed by atoms with Crippen molar-refractivity contribution in [2.24, 2.45) is 5.92 Å². The van der Waals surface area contributed by atoms with Crippen LogP contribution in [0.25, 0.3) is 6.08 Å². The fourth-order valence-corrected chi connectivity index (χ4v) is 3.58. The molecule has 0 aromatic heterocycles. The highest BCUT2D eigenvalue weighted by molar-refractivity contribution is 8.26. The SMILES string of the molecule is C[C@@H](COc1ccccc1)COc1ccc(Cl)cc1/C=C1/SC(=S)NC1=O. The van der Waals surface area contributed by atoms with Crippen LogP contribution in [0, 0.1) is 5.92 Å². The Balaban J connectivity index is 1.64. The van der Waals surface area contributed by atoms with Crippen molar-refractivity contribution >= 4 is 51.9 Å². The molecule has 2 aromatic carbocycles. The Morgan fingerprint density at radius 2 is 1.93 bits per heavy atom. The van der Waals surface area contributed by atoms with Gasteiger partial charge in [0.1, 0.15) is 15.8 Å². The lowest BCUT2D eigenvalue weighted by atomic mass is 10.1. The summed E-state index contributed by atoms with van der Waals surface area (Å²) in [6, 6.07) is 15.0. The molecule has 0 unspecified atom stereocenters. The third-order valence-electron chi connectivity index (χ3n) is 3.70. The summed E-state index contributed by atoms with van der Waals surface area (Å²) < 4.78 is 12.2. The minimum absolute atomic E-state index is 0.179. The number of nitrogens with one attached hydrogen (secondary N) is 1. The molecule has 1 heterocycles. The molecule has 0 radical (unpaired) electrons. The van der Waals surface area contributed by atoms with Gasteiger partial charge in [0.25, 0.3) is 5.91 Å². The largest absolute Gasteiger partial charge is 0.493 e. The molecular weight excluding hydrogens is 402 g/mol. The predicted octanol–water partition coefficient (Wildman–Crippen LogP) is 4.92. The van der Waals surface area contributed by atoms with E-state index in [4.69, 9.17) is 33.3 Å². The molecule has 1 aliphatic heterocycles. The number of thiocarbonyl (C=S) groups is 1. The first kappa shape index (κ1) is 19.7. The molecule has 0 aliphatic carbocycles. The van der Waals surface area contributed by atoms with Gasteiger partial charge >= 0.3 is 0 Å². The van der Waals surface area contributed by atoms with Crippen LogP contribution in [-0.2, 0) is 4.79 Å². The highest BCUT2D eigenvalue weighted by atomic mass is 35.5. The van der Waals surface area contributed by atoms with Crippen molar-refractivity contribution in [2.45, 2.75) is 6.92 Å². The monoisotopic (exact) mass is 419 g/mol. The summed E-state index contributed by atoms with van der Waals surface area (Å²) in [5.41, 5.74) is 0.737. The molecule has 1 N–H and O–H groups in total. The topological polar surface area (TPSA) is 47.6 Å². The normalized spacial score (nSPS) is 16.3. The van der Waals surface area contributed by atoms with Crippen molar-refractivity contribution in [1.82, 2.24) is 5.32 Å². The lowest BCUT2D eigenvalue weighted by Crippen LogP contribution is -2.18. The fourth-order valence-electron chi connectivity index (χ4n) is 2.36. The number of thioether (sulfide) groups is 1. The standard InChI is InChI=1S/C20H18ClNO3S2/c1-13(11-24-16-5-3-2-4-6-16)12-25-17-8-7-15(21)9-14(17)10-18-19(23)22-20(26)27-18/h2-10,13H,11-12H2,1H3,(H,22,23,26)/b18-10+/t13-/m0/s1. The van der Waals surface area contributed by atoms with Gasteiger partial charge in [0.05, 0.1) is 18.1 Å². The molecule has 1 aliphatic rings. The average Bonchev–Trinajstić information content (AvgIpc) is 2.97. The first-order valence-electron chi connectivity index (χ1n) is 8.36. The van der Waals surface area contributed by atoms with Crippen LogP contribution in [0.5, 0.6) is 11.5 Å². The molecule has 2 aromatic rings. The van der Waals surface area contributed by atoms with Crippen LogP contribution in [0.4, 0.5) is 0 Å². The molecule has 1 saturated heterocycles. The molecule has 1 fully saturated rings. The van der Waals surface area contributed by atoms with Gasteiger partial charge in [0, 0.05) is 16.5 Å². The van der Waals surface area contributed by atoms with Gasteiger partial charge in [-0.15, -0.1) is 0 Å². The molecule has 3 rings (SSSR count). The molecule has 140 valence electrons. The Morgan fingerprint density at radius 1 is 1.19 bits per heavy atom. The van der Waals surface area contributed by atoms with E-state index in [2.05, 4.69) is 12.2 Å². The number of carbonyl (C=O) groups excluding carboxylic acids is 1. The van der Waals surface area contributed by atoms with Gasteiger partial charge in [-0.2, -0.15) is 0 Å². The summed E-state index contributed by atoms with van der Waals surface area (Å²) in [4.78, 5) is 12.4. The number of rotatable bonds is 7. The number of hydrogen-bond donors (Lipinski definition) is 1. The average molecular weight is 420 g/mol. The number of benzene rings is 2. The summed E-state index contributed by atoms with van der Waals surface area (Å²) >= 11 is 12.4. The summed E-state index contributed by atoms with van der Waals surface area (Å²) in [6.45, 7) is 3.07. The Labute approximate surface area is 172 Å². The van der Waals surface area contributed by atoms with Gasteiger partial charge in [-0.25, -0.2) is 0 Å². The van der Waals surface area contributed by atoms with Crippen LogP contribution in [0.2, 0.25) is 5.02 Å². The Bertz CT molecular complexity index is 871. The molecule has 27 heavy (non-hydrogen) atoms. The molecule has 0 spiro atoms. The van der Waals surface area contributed by atoms with Crippen LogP contribution in [0.1, 0.15) is 12.5 Å². The summed E-state index contributed by atoms with van der Waals surface area (Å²) in [5.74, 6) is 1.46. The minimum Gasteiger partial charge on any atom is -0.493 e. The van der Waals surface area contributed by atoms with Crippen molar-refractivity contribution < 1.29 is 14.3 Å². The minimum atomic E-state index is -0.208. The van der Waals surface area contributed by atoms with Crippen molar-refractivity contribution in [3.8, 4) is 11.5 Å². The second-order valence-electron chi connectivity index (χ2n) is 6.07. The van der Waals surface area contributed by atoms with E-state index in [1.165, 1.54) is 11.8 Å². The Hall–Kier alpha value is -2.02. The number of ether oxygens (including phenoxy) is 2. The number of para-hydroxylation sites is 1. The molecule has 4 nitrogen and oxygen atoms in total. The van der Waals surface area contributed by atoms with E-state index in [1.54, 1.807) is 24.3 Å². The summed E-state index contributed by atoms with van der Waals surface area (Å²) in [5, 5.41) is 3.17. The quantitative estimate of drug-likeness (QED) is 0.509. The molecule has 0 saturated carbocycles. The Kier molecular flexibility index (Phi) is 6.77. The predicted molar refractivity (Wildman–Crippen MR) is 114 cm³/mol. The third-order valence-corrected chi connectivity index (χ3v) is 5.10. The lowest BCUT2D eigenvalue weighted by molar-refractivity contribution is -0.115. The van der Waals surface area contributed by atoms with E-state index in [-0.39, 0.29) is 11.8 Å². The molecule has 0 bridgehead atoms. The van der Waals surface area contributed by atoms with E-state index in [1.807, 2.05) is 30.3 Å². The van der Waals surface area contributed by atoms with E-state index < -0.39 is 0 Å². The van der Waals surface area contributed by atoms with Gasteiger partial charge in [-0.3, -0.25) is 4.79 Å². The van der Waals surface area contributed by atoms with Crippen LogP contribution < -0.4 is 14.8 Å². The second kappa shape index (κ2) is 9.26. The third kappa shape index (κ3) is 5.73. The zero-order valence-electron chi connectivity index (χ0n) is 14.6. The highest BCUT2D eigenvalue weighted by Gasteiger charge is 2.22. The van der Waals surface area contributed by atoms with Gasteiger partial charge in [0.15, 0.2) is 0 Å². The van der Waals surface area contributed by atoms with Crippen molar-refractivity contribution in [3.05, 3.63) is 64.0 Å². The molecule has 1 amide bonds. The number of amides is 1. The fraction of sp³-hybridized carbons (Fsp3) is 0.200. The van der Waals surface area contributed by atoms with Crippen molar-refractivity contribution in [2.75, 3.05) is 13.2 Å². The van der Waals surface area contributed by atoms with Crippen molar-refractivity contribution in [1.29, 1.82) is 0 Å². The molecule has 1 atom stereocenters. The van der Waals surface area contributed by atoms with E-state index in [0.717, 1.165) is 11.3 Å². The Morgan fingerprint density at radius 3 is 2.63 bits per heavy atom. The molecule has 7 heteroatoms. The maximum Gasteiger partial charge on any atom is 0.263 e. The zero-order chi connectivity index (χ0) is 19.2. The van der Waals surface area contributed by atoms with Gasteiger partial charge in [-0.05, 0) is 36.4 Å². The number of hydrogen-bond acceptors (Lipinski definition) is 5. The van der Waals surface area contributed by atoms with Crippen molar-refractivity contribution in [3.63, 3.8) is 0 Å². The first-order chi connectivity index (χ1) is 13.0. The van der Waals surface area contributed by atoms with Crippen LogP contribution in [0.3, 0.4) is 0 Å². The van der Waals surface area contributed by atoms with Crippen LogP contribution in [-0.4, -0.2) is 23.4 Å². The maximum absolute atomic E-state index is 11.9. The van der Waals surface area contributed by atoms with Crippen LogP contribution >= 0.6 is 35.6 Å². The summed E-state index contributed by atoms with van der Waals surface area (Å²) in [7, 11) is 0. The van der Waals surface area contributed by atoms with E-state index in [9.17, 15) is 4.79 Å². The highest BCUT2D eigenvalue weighted by Crippen LogP contribution is 2.31. The first-order valence-corrected chi connectivity index (χ1v) is 9.96. The van der Waals surface area contributed by atoms with Crippen LogP contribution in [0.15, 0.2) is 53.4 Å². The lowest BCUT2D eigenvalue weighted by Gasteiger charge is -2.16. The van der Waals surface area contributed by atoms with Gasteiger partial charge < -0.3 is 14.8 Å². The number of carbonyl (C=O) groups is 1. The molecular formula is C20H18ClNO3S2. The van der Waals surface area contributed by atoms with E-state index in [0.29, 0.717) is 33.2 Å². The van der Waals surface area contributed by atoms with Gasteiger partial charge in [-0.1, -0.05) is 60.7 Å². The van der Waals surface area contributed by atoms with E-state index >= 15 is 0 Å². The smallest absolute Gasteiger partial charge is 0.263 e. The maximum atomic E-state index is 11.9. The summed E-state index contributed by atoms with van der Waals surface area (Å²) in [6.07, 6.45) is 1.74. The number of halogens is 1.